The first-order chi connectivity index (χ1) is 9.58. The summed E-state index contributed by atoms with van der Waals surface area (Å²) in [6.45, 7) is 0. The first-order valence-electron chi connectivity index (χ1n) is 5.77. The second-order valence-electron chi connectivity index (χ2n) is 4.24. The lowest BCUT2D eigenvalue weighted by Gasteiger charge is -2.11. The standard InChI is InChI=1S/C14H9NO4S/c16-13-9-3-1-2-4-11(9)20(19)12-6-5-8(14(17)18)7-10(12)15-13/h1-7H,(H,15,16)(H,17,18). The second-order valence-corrected chi connectivity index (χ2v) is 5.65. The smallest absolute Gasteiger partial charge is 0.335 e. The summed E-state index contributed by atoms with van der Waals surface area (Å²) in [5.41, 5.74) is 0.635. The largest absolute Gasteiger partial charge is 0.606 e. The highest BCUT2D eigenvalue weighted by Gasteiger charge is 2.30. The van der Waals surface area contributed by atoms with E-state index in [2.05, 4.69) is 5.32 Å². The molecule has 1 aliphatic heterocycles. The molecule has 0 aromatic heterocycles. The van der Waals surface area contributed by atoms with E-state index < -0.39 is 23.1 Å². The van der Waals surface area contributed by atoms with Crippen molar-refractivity contribution in [3.05, 3.63) is 53.6 Å². The predicted octanol–water partition coefficient (Wildman–Crippen LogP) is 2.12. The number of amides is 1. The molecule has 0 aliphatic carbocycles. The van der Waals surface area contributed by atoms with Crippen molar-refractivity contribution in [1.82, 2.24) is 0 Å². The van der Waals surface area contributed by atoms with Gasteiger partial charge in [0.2, 0.25) is 0 Å². The van der Waals surface area contributed by atoms with Crippen LogP contribution in [0.15, 0.2) is 52.3 Å². The molecule has 0 saturated carbocycles. The molecule has 0 saturated heterocycles. The van der Waals surface area contributed by atoms with E-state index in [0.717, 1.165) is 0 Å². The van der Waals surface area contributed by atoms with Gasteiger partial charge in [-0.05, 0) is 30.3 Å². The van der Waals surface area contributed by atoms with E-state index in [1.165, 1.54) is 18.2 Å². The zero-order valence-electron chi connectivity index (χ0n) is 10.1. The van der Waals surface area contributed by atoms with Crippen molar-refractivity contribution in [1.29, 1.82) is 0 Å². The molecule has 0 radical (unpaired) electrons. The van der Waals surface area contributed by atoms with Crippen molar-refractivity contribution in [2.45, 2.75) is 9.79 Å². The summed E-state index contributed by atoms with van der Waals surface area (Å²) in [5.74, 6) is -1.50. The number of carbonyl (C=O) groups excluding carboxylic acids is 1. The Morgan fingerprint density at radius 2 is 1.90 bits per heavy atom. The van der Waals surface area contributed by atoms with Gasteiger partial charge >= 0.3 is 5.97 Å². The maximum absolute atomic E-state index is 12.5. The molecular weight excluding hydrogens is 278 g/mol. The van der Waals surface area contributed by atoms with Gasteiger partial charge < -0.3 is 15.0 Å². The Morgan fingerprint density at radius 3 is 2.65 bits per heavy atom. The van der Waals surface area contributed by atoms with Crippen molar-refractivity contribution in [2.24, 2.45) is 0 Å². The summed E-state index contributed by atoms with van der Waals surface area (Å²) in [4.78, 5) is 23.9. The molecule has 6 heteroatoms. The fourth-order valence-electron chi connectivity index (χ4n) is 2.05. The van der Waals surface area contributed by atoms with Gasteiger partial charge in [-0.1, -0.05) is 12.1 Å². The number of fused-ring (bicyclic) bond motifs is 2. The van der Waals surface area contributed by atoms with Crippen LogP contribution in [0.1, 0.15) is 20.7 Å². The topological polar surface area (TPSA) is 89.5 Å². The highest BCUT2D eigenvalue weighted by molar-refractivity contribution is 7.91. The van der Waals surface area contributed by atoms with E-state index in [9.17, 15) is 14.1 Å². The van der Waals surface area contributed by atoms with Crippen LogP contribution in [0.5, 0.6) is 0 Å². The molecule has 1 amide bonds. The maximum atomic E-state index is 12.5. The van der Waals surface area contributed by atoms with E-state index >= 15 is 0 Å². The fourth-order valence-corrected chi connectivity index (χ4v) is 3.35. The van der Waals surface area contributed by atoms with Gasteiger partial charge in [-0.2, -0.15) is 0 Å². The van der Waals surface area contributed by atoms with Gasteiger partial charge in [0.25, 0.3) is 5.91 Å². The van der Waals surface area contributed by atoms with Gasteiger partial charge in [0.1, 0.15) is 0 Å². The van der Waals surface area contributed by atoms with Gasteiger partial charge in [-0.25, -0.2) is 4.79 Å². The Hall–Kier alpha value is -2.31. The third-order valence-electron chi connectivity index (χ3n) is 3.01. The van der Waals surface area contributed by atoms with Crippen LogP contribution in [-0.4, -0.2) is 21.5 Å². The van der Waals surface area contributed by atoms with Gasteiger partial charge in [0.05, 0.1) is 16.8 Å². The molecule has 20 heavy (non-hydrogen) atoms. The molecule has 5 nitrogen and oxygen atoms in total. The number of benzene rings is 2. The first kappa shape index (κ1) is 12.7. The molecule has 100 valence electrons. The van der Waals surface area contributed by atoms with Crippen molar-refractivity contribution in [3.63, 3.8) is 0 Å². The van der Waals surface area contributed by atoms with Crippen LogP contribution in [0.25, 0.3) is 0 Å². The Bertz CT molecular complexity index is 729. The summed E-state index contributed by atoms with van der Waals surface area (Å²) in [5, 5.41) is 11.6. The molecule has 1 aliphatic rings. The van der Waals surface area contributed by atoms with Crippen LogP contribution in [0.2, 0.25) is 0 Å². The van der Waals surface area contributed by atoms with Gasteiger partial charge in [0.15, 0.2) is 9.79 Å². The lowest BCUT2D eigenvalue weighted by molar-refractivity contribution is 0.0696. The molecule has 1 unspecified atom stereocenters. The van der Waals surface area contributed by atoms with Crippen molar-refractivity contribution in [2.75, 3.05) is 5.32 Å². The number of hydrogen-bond donors (Lipinski definition) is 2. The summed E-state index contributed by atoms with van der Waals surface area (Å²) in [6, 6.07) is 10.8. The monoisotopic (exact) mass is 287 g/mol. The molecule has 0 bridgehead atoms. The van der Waals surface area contributed by atoms with Gasteiger partial charge in [-0.15, -0.1) is 0 Å². The zero-order valence-corrected chi connectivity index (χ0v) is 10.9. The summed E-state index contributed by atoms with van der Waals surface area (Å²) in [7, 11) is 0. The number of carbonyl (C=O) groups is 2. The Labute approximate surface area is 117 Å². The number of nitrogens with one attached hydrogen (secondary N) is 1. The highest BCUT2D eigenvalue weighted by atomic mass is 32.2. The summed E-state index contributed by atoms with van der Waals surface area (Å²) >= 11 is -1.53. The second kappa shape index (κ2) is 4.66. The SMILES string of the molecule is O=C(O)c1ccc2c(c1)NC(=O)c1ccccc1[S+]2[O-]. The average Bonchev–Trinajstić information content (AvgIpc) is 2.55. The quantitative estimate of drug-likeness (QED) is 0.786. The van der Waals surface area contributed by atoms with Crippen LogP contribution >= 0.6 is 0 Å². The number of hydrogen-bond acceptors (Lipinski definition) is 3. The van der Waals surface area contributed by atoms with E-state index in [0.29, 0.717) is 15.4 Å². The third-order valence-corrected chi connectivity index (χ3v) is 4.52. The van der Waals surface area contributed by atoms with Crippen molar-refractivity contribution >= 4 is 28.7 Å². The van der Waals surface area contributed by atoms with Gasteiger partial charge in [0, 0.05) is 11.2 Å². The predicted molar refractivity (Wildman–Crippen MR) is 72.5 cm³/mol. The molecule has 2 aromatic rings. The summed E-state index contributed by atoms with van der Waals surface area (Å²) < 4.78 is 12.5. The molecule has 1 heterocycles. The molecule has 0 fully saturated rings. The maximum Gasteiger partial charge on any atom is 0.335 e. The van der Waals surface area contributed by atoms with Crippen molar-refractivity contribution < 1.29 is 19.2 Å². The normalized spacial score (nSPS) is 16.6. The lowest BCUT2D eigenvalue weighted by Crippen LogP contribution is -2.12. The van der Waals surface area contributed by atoms with Crippen LogP contribution in [-0.2, 0) is 11.2 Å². The fraction of sp³-hybridized carbons (Fsp3) is 0. The molecule has 1 atom stereocenters. The number of carboxylic acids is 1. The number of aromatic carboxylic acids is 1. The minimum absolute atomic E-state index is 0.0343. The highest BCUT2D eigenvalue weighted by Crippen LogP contribution is 2.33. The Balaban J connectivity index is 2.19. The van der Waals surface area contributed by atoms with Crippen LogP contribution in [0, 0.1) is 0 Å². The van der Waals surface area contributed by atoms with Gasteiger partial charge in [-0.3, -0.25) is 4.79 Å². The number of rotatable bonds is 1. The zero-order chi connectivity index (χ0) is 14.3. The van der Waals surface area contributed by atoms with Crippen LogP contribution < -0.4 is 5.32 Å². The molecule has 2 N–H and O–H groups in total. The van der Waals surface area contributed by atoms with Crippen LogP contribution in [0.3, 0.4) is 0 Å². The number of carboxylic acid groups (broad SMARTS) is 1. The third kappa shape index (κ3) is 1.95. The lowest BCUT2D eigenvalue weighted by atomic mass is 10.2. The van der Waals surface area contributed by atoms with Crippen molar-refractivity contribution in [3.8, 4) is 0 Å². The first-order valence-corrected chi connectivity index (χ1v) is 6.92. The Morgan fingerprint density at radius 1 is 1.15 bits per heavy atom. The molecule has 2 aromatic carbocycles. The summed E-state index contributed by atoms with van der Waals surface area (Å²) in [6.07, 6.45) is 0. The van der Waals surface area contributed by atoms with Crippen LogP contribution in [0.4, 0.5) is 5.69 Å². The number of anilines is 1. The van der Waals surface area contributed by atoms with E-state index in [4.69, 9.17) is 5.11 Å². The minimum atomic E-state index is -1.53. The molecular formula is C14H9NO4S. The molecule has 0 spiro atoms. The van der Waals surface area contributed by atoms with E-state index in [-0.39, 0.29) is 11.3 Å². The van der Waals surface area contributed by atoms with E-state index in [1.54, 1.807) is 24.3 Å². The Kier molecular flexibility index (Phi) is 2.96. The molecule has 3 rings (SSSR count). The van der Waals surface area contributed by atoms with E-state index in [1.807, 2.05) is 0 Å². The average molecular weight is 287 g/mol. The minimum Gasteiger partial charge on any atom is -0.606 e.